The first kappa shape index (κ1) is 30.7. The number of rotatable bonds is 10. The normalized spacial score (nSPS) is 16.2. The summed E-state index contributed by atoms with van der Waals surface area (Å²) in [5.74, 6) is -1.67. The summed E-state index contributed by atoms with van der Waals surface area (Å²) in [7, 11) is 0. The molecule has 2 aromatic carbocycles. The Morgan fingerprint density at radius 1 is 0.692 bits per heavy atom. The van der Waals surface area contributed by atoms with Crippen LogP contribution in [0.25, 0.3) is 0 Å². The maximum atomic E-state index is 14.1. The Morgan fingerprint density at radius 2 is 1.15 bits per heavy atom. The van der Waals surface area contributed by atoms with Gasteiger partial charge in [-0.3, -0.25) is 0 Å². The third-order valence-corrected chi connectivity index (χ3v) is 6.35. The summed E-state index contributed by atoms with van der Waals surface area (Å²) >= 11 is 0. The van der Waals surface area contributed by atoms with Crippen LogP contribution in [0.4, 0.5) is 52.7 Å². The van der Waals surface area contributed by atoms with E-state index in [0.717, 1.165) is 48.5 Å². The number of benzene rings is 2. The standard InChI is InChI=1S/C24H21F12NO2/c25-21(26,27)9-10-37-14-20(13-19(7-8-19)22(28,29)30,15-3-1-5-17(11-15)38-23(31,32)33)16-4-2-6-18(12-16)39-24(34,35)36/h1-6,11-12,37H,7-10,13-14H2. The smallest absolute Gasteiger partial charge is 0.406 e. The molecular weight excluding hydrogens is 562 g/mol. The molecule has 1 aliphatic rings. The lowest BCUT2D eigenvalue weighted by Crippen LogP contribution is -2.44. The second-order valence-corrected chi connectivity index (χ2v) is 9.23. The van der Waals surface area contributed by atoms with Gasteiger partial charge in [-0.15, -0.1) is 26.3 Å². The van der Waals surface area contributed by atoms with Gasteiger partial charge in [-0.05, 0) is 54.7 Å². The van der Waals surface area contributed by atoms with Crippen LogP contribution >= 0.6 is 0 Å². The molecule has 0 bridgehead atoms. The third-order valence-electron chi connectivity index (χ3n) is 6.35. The number of alkyl halides is 12. The first-order valence-corrected chi connectivity index (χ1v) is 11.3. The van der Waals surface area contributed by atoms with Gasteiger partial charge in [0.25, 0.3) is 0 Å². The maximum absolute atomic E-state index is 14.1. The Morgan fingerprint density at radius 3 is 1.51 bits per heavy atom. The van der Waals surface area contributed by atoms with Crippen molar-refractivity contribution in [2.75, 3.05) is 13.1 Å². The lowest BCUT2D eigenvalue weighted by atomic mass is 9.67. The molecule has 0 radical (unpaired) electrons. The van der Waals surface area contributed by atoms with E-state index in [-0.39, 0.29) is 11.1 Å². The highest BCUT2D eigenvalue weighted by Gasteiger charge is 2.65. The Labute approximate surface area is 214 Å². The van der Waals surface area contributed by atoms with E-state index in [0.29, 0.717) is 0 Å². The summed E-state index contributed by atoms with van der Waals surface area (Å²) in [6, 6.07) is 7.59. The molecule has 1 N–H and O–H groups in total. The molecule has 1 saturated carbocycles. The molecule has 1 fully saturated rings. The molecule has 0 saturated heterocycles. The van der Waals surface area contributed by atoms with Crippen LogP contribution < -0.4 is 14.8 Å². The minimum atomic E-state index is -5.18. The van der Waals surface area contributed by atoms with Gasteiger partial charge >= 0.3 is 25.1 Å². The molecule has 0 spiro atoms. The van der Waals surface area contributed by atoms with Crippen molar-refractivity contribution in [2.24, 2.45) is 5.41 Å². The summed E-state index contributed by atoms with van der Waals surface area (Å²) < 4.78 is 166. The Kier molecular flexibility index (Phi) is 8.36. The van der Waals surface area contributed by atoms with Crippen LogP contribution in [-0.2, 0) is 5.41 Å². The Bertz CT molecular complexity index is 1060. The van der Waals surface area contributed by atoms with Crippen LogP contribution in [0, 0.1) is 5.41 Å². The zero-order chi connectivity index (χ0) is 29.3. The SMILES string of the molecule is FC(F)(F)CCNCC(CC1(C(F)(F)F)CC1)(c1cccc(OC(F)(F)F)c1)c1cccc(OC(F)(F)F)c1. The summed E-state index contributed by atoms with van der Waals surface area (Å²) in [6.45, 7) is -1.46. The van der Waals surface area contributed by atoms with Crippen molar-refractivity contribution in [2.45, 2.75) is 56.2 Å². The zero-order valence-electron chi connectivity index (χ0n) is 19.7. The monoisotopic (exact) mass is 583 g/mol. The van der Waals surface area contributed by atoms with Crippen LogP contribution in [0.15, 0.2) is 48.5 Å². The van der Waals surface area contributed by atoms with Crippen molar-refractivity contribution in [1.82, 2.24) is 5.32 Å². The van der Waals surface area contributed by atoms with Crippen LogP contribution in [0.3, 0.4) is 0 Å². The average Bonchev–Trinajstić information content (AvgIpc) is 3.54. The van der Waals surface area contributed by atoms with Gasteiger partial charge in [0.15, 0.2) is 0 Å². The molecule has 0 aromatic heterocycles. The van der Waals surface area contributed by atoms with Crippen LogP contribution in [0.1, 0.15) is 36.8 Å². The predicted octanol–water partition coefficient (Wildman–Crippen LogP) is 8.04. The van der Waals surface area contributed by atoms with Crippen LogP contribution in [0.2, 0.25) is 0 Å². The molecule has 0 aliphatic heterocycles. The van der Waals surface area contributed by atoms with E-state index in [1.165, 1.54) is 0 Å². The van der Waals surface area contributed by atoms with Crippen molar-refractivity contribution in [1.29, 1.82) is 0 Å². The second-order valence-electron chi connectivity index (χ2n) is 9.23. The Hall–Kier alpha value is -2.84. The van der Waals surface area contributed by atoms with Gasteiger partial charge in [0.2, 0.25) is 0 Å². The summed E-state index contributed by atoms with van der Waals surface area (Å²) in [5, 5.41) is 2.40. The lowest BCUT2D eigenvalue weighted by molar-refractivity contribution is -0.275. The van der Waals surface area contributed by atoms with Crippen LogP contribution in [-0.4, -0.2) is 38.2 Å². The molecule has 0 heterocycles. The fraction of sp³-hybridized carbons (Fsp3) is 0.500. The number of nitrogens with one attached hydrogen (secondary N) is 1. The van der Waals surface area contributed by atoms with E-state index in [1.807, 2.05) is 0 Å². The molecule has 3 rings (SSSR count). The topological polar surface area (TPSA) is 30.5 Å². The number of ether oxygens (including phenoxy) is 2. The van der Waals surface area contributed by atoms with Crippen molar-refractivity contribution in [3.63, 3.8) is 0 Å². The first-order chi connectivity index (χ1) is 17.7. The highest BCUT2D eigenvalue weighted by Crippen LogP contribution is 2.64. The van der Waals surface area contributed by atoms with E-state index in [2.05, 4.69) is 14.8 Å². The van der Waals surface area contributed by atoms with Gasteiger partial charge in [0, 0.05) is 18.5 Å². The number of hydrogen-bond acceptors (Lipinski definition) is 3. The minimum absolute atomic E-state index is 0.247. The molecule has 218 valence electrons. The molecule has 0 amide bonds. The second kappa shape index (κ2) is 10.6. The predicted molar refractivity (Wildman–Crippen MR) is 113 cm³/mol. The highest BCUT2D eigenvalue weighted by molar-refractivity contribution is 5.46. The van der Waals surface area contributed by atoms with Gasteiger partial charge in [-0.2, -0.15) is 26.3 Å². The summed E-state index contributed by atoms with van der Waals surface area (Å²) in [5.41, 5.74) is -4.92. The van der Waals surface area contributed by atoms with Crippen molar-refractivity contribution in [3.05, 3.63) is 59.7 Å². The molecule has 2 aromatic rings. The van der Waals surface area contributed by atoms with E-state index in [4.69, 9.17) is 0 Å². The minimum Gasteiger partial charge on any atom is -0.406 e. The lowest BCUT2D eigenvalue weighted by Gasteiger charge is -2.39. The van der Waals surface area contributed by atoms with E-state index >= 15 is 0 Å². The average molecular weight is 583 g/mol. The van der Waals surface area contributed by atoms with Gasteiger partial charge < -0.3 is 14.8 Å². The van der Waals surface area contributed by atoms with Crippen molar-refractivity contribution < 1.29 is 62.2 Å². The molecular formula is C24H21F12NO2. The third kappa shape index (κ3) is 8.32. The van der Waals surface area contributed by atoms with Crippen molar-refractivity contribution in [3.8, 4) is 11.5 Å². The molecule has 1 aliphatic carbocycles. The van der Waals surface area contributed by atoms with Gasteiger partial charge in [0.05, 0.1) is 11.8 Å². The number of hydrogen-bond donors (Lipinski definition) is 1. The largest absolute Gasteiger partial charge is 0.573 e. The number of halogens is 12. The van der Waals surface area contributed by atoms with E-state index < -0.39 is 86.2 Å². The summed E-state index contributed by atoms with van der Waals surface area (Å²) in [4.78, 5) is 0. The molecule has 0 atom stereocenters. The fourth-order valence-corrected chi connectivity index (χ4v) is 4.44. The van der Waals surface area contributed by atoms with Gasteiger partial charge in [0.1, 0.15) is 11.5 Å². The van der Waals surface area contributed by atoms with Crippen LogP contribution in [0.5, 0.6) is 11.5 Å². The first-order valence-electron chi connectivity index (χ1n) is 11.3. The van der Waals surface area contributed by atoms with Gasteiger partial charge in [-0.25, -0.2) is 0 Å². The van der Waals surface area contributed by atoms with Crippen molar-refractivity contribution >= 4 is 0 Å². The molecule has 3 nitrogen and oxygen atoms in total. The fourth-order valence-electron chi connectivity index (χ4n) is 4.44. The molecule has 39 heavy (non-hydrogen) atoms. The zero-order valence-corrected chi connectivity index (χ0v) is 19.7. The van der Waals surface area contributed by atoms with E-state index in [1.54, 1.807) is 0 Å². The maximum Gasteiger partial charge on any atom is 0.573 e. The molecule has 15 heteroatoms. The highest BCUT2D eigenvalue weighted by atomic mass is 19.4. The van der Waals surface area contributed by atoms with Gasteiger partial charge in [-0.1, -0.05) is 24.3 Å². The quantitative estimate of drug-likeness (QED) is 0.227. The summed E-state index contributed by atoms with van der Waals surface area (Å²) in [6.07, 6.45) is -22.9. The molecule has 0 unspecified atom stereocenters. The Balaban J connectivity index is 2.19. The van der Waals surface area contributed by atoms with E-state index in [9.17, 15) is 52.7 Å².